The van der Waals surface area contributed by atoms with Crippen molar-refractivity contribution in [2.45, 2.75) is 284 Å². The Kier molecular flexibility index (Phi) is 48.3. The van der Waals surface area contributed by atoms with Crippen molar-refractivity contribution in [3.63, 3.8) is 0 Å². The molecule has 0 aliphatic rings. The van der Waals surface area contributed by atoms with Gasteiger partial charge in [-0.05, 0) is 51.4 Å². The predicted octanol–water partition coefficient (Wildman–Crippen LogP) is 17.3. The van der Waals surface area contributed by atoms with Crippen LogP contribution in [0.5, 0.6) is 0 Å². The molecule has 356 valence electrons. The highest BCUT2D eigenvalue weighted by Crippen LogP contribution is 2.16. The fraction of sp³-hybridized carbons (Fsp3) is 0.836. The molecule has 0 saturated carbocycles. The van der Waals surface area contributed by atoms with Gasteiger partial charge >= 0.3 is 17.9 Å². The molecule has 0 aromatic rings. The molecule has 6 nitrogen and oxygen atoms in total. The molecule has 0 amide bonds. The number of esters is 3. The van der Waals surface area contributed by atoms with Crippen LogP contribution in [-0.4, -0.2) is 37.2 Å². The van der Waals surface area contributed by atoms with E-state index in [1.165, 1.54) is 154 Å². The second-order valence-electron chi connectivity index (χ2n) is 17.8. The van der Waals surface area contributed by atoms with Gasteiger partial charge in [-0.2, -0.15) is 0 Å². The summed E-state index contributed by atoms with van der Waals surface area (Å²) in [4.78, 5) is 38.0. The Labute approximate surface area is 378 Å². The highest BCUT2D eigenvalue weighted by molar-refractivity contribution is 5.71. The quantitative estimate of drug-likeness (QED) is 0.0262. The molecule has 0 heterocycles. The number of allylic oxidation sites excluding steroid dienone is 6. The fourth-order valence-corrected chi connectivity index (χ4v) is 7.69. The van der Waals surface area contributed by atoms with E-state index in [-0.39, 0.29) is 31.1 Å². The van der Waals surface area contributed by atoms with Gasteiger partial charge in [0.2, 0.25) is 0 Å². The van der Waals surface area contributed by atoms with Crippen LogP contribution in [0, 0.1) is 0 Å². The van der Waals surface area contributed by atoms with Crippen molar-refractivity contribution in [1.29, 1.82) is 0 Å². The SMILES string of the molecule is CC/C=C\C/C=C\C/C=C\CCCCCCCCC(=O)OCC(COC(=O)CCCCCCCCCCCCC)OC(=O)CCCCCCCCCCCCCCCCCC. The van der Waals surface area contributed by atoms with E-state index in [1.807, 2.05) is 0 Å². The smallest absolute Gasteiger partial charge is 0.306 e. The minimum atomic E-state index is -0.771. The predicted molar refractivity (Wildman–Crippen MR) is 261 cm³/mol. The molecule has 1 unspecified atom stereocenters. The third-order valence-corrected chi connectivity index (χ3v) is 11.7. The van der Waals surface area contributed by atoms with Crippen molar-refractivity contribution in [2.75, 3.05) is 13.2 Å². The fourth-order valence-electron chi connectivity index (χ4n) is 7.69. The van der Waals surface area contributed by atoms with E-state index in [9.17, 15) is 14.4 Å². The van der Waals surface area contributed by atoms with Gasteiger partial charge in [0.05, 0.1) is 0 Å². The third kappa shape index (κ3) is 48.5. The Morgan fingerprint density at radius 2 is 0.639 bits per heavy atom. The van der Waals surface area contributed by atoms with Gasteiger partial charge in [0.25, 0.3) is 0 Å². The molecule has 0 aromatic heterocycles. The molecule has 0 radical (unpaired) electrons. The van der Waals surface area contributed by atoms with Gasteiger partial charge in [0.1, 0.15) is 13.2 Å². The number of carbonyl (C=O) groups is 3. The molecule has 0 rings (SSSR count). The Bertz CT molecular complexity index is 1030. The average molecular weight is 857 g/mol. The molecule has 0 aliphatic heterocycles. The molecule has 0 saturated heterocycles. The van der Waals surface area contributed by atoms with Crippen LogP contribution in [0.3, 0.4) is 0 Å². The first kappa shape index (κ1) is 58.6. The number of ether oxygens (including phenoxy) is 3. The Balaban J connectivity index is 4.34. The van der Waals surface area contributed by atoms with Crippen LogP contribution >= 0.6 is 0 Å². The van der Waals surface area contributed by atoms with Crippen molar-refractivity contribution in [2.24, 2.45) is 0 Å². The van der Waals surface area contributed by atoms with Gasteiger partial charge in [-0.1, -0.05) is 243 Å². The number of unbranched alkanes of at least 4 members (excludes halogenated alkanes) is 31. The lowest BCUT2D eigenvalue weighted by Gasteiger charge is -2.18. The molecule has 6 heteroatoms. The number of hydrogen-bond acceptors (Lipinski definition) is 6. The summed E-state index contributed by atoms with van der Waals surface area (Å²) in [6, 6.07) is 0. The third-order valence-electron chi connectivity index (χ3n) is 11.7. The maximum absolute atomic E-state index is 12.8. The van der Waals surface area contributed by atoms with E-state index in [1.54, 1.807) is 0 Å². The minimum absolute atomic E-state index is 0.0720. The molecular formula is C55H100O6. The highest BCUT2D eigenvalue weighted by Gasteiger charge is 2.19. The molecule has 0 spiro atoms. The molecule has 0 aromatic carbocycles. The van der Waals surface area contributed by atoms with E-state index in [0.29, 0.717) is 19.3 Å². The first-order valence-electron chi connectivity index (χ1n) is 26.5. The maximum atomic E-state index is 12.8. The summed E-state index contributed by atoms with van der Waals surface area (Å²) in [6.45, 7) is 6.54. The first-order chi connectivity index (χ1) is 30.0. The van der Waals surface area contributed by atoms with Crippen molar-refractivity contribution in [3.8, 4) is 0 Å². The maximum Gasteiger partial charge on any atom is 0.306 e. The second kappa shape index (κ2) is 50.3. The van der Waals surface area contributed by atoms with Crippen molar-refractivity contribution >= 4 is 17.9 Å². The van der Waals surface area contributed by atoms with Crippen LogP contribution in [0.15, 0.2) is 36.5 Å². The van der Waals surface area contributed by atoms with Gasteiger partial charge in [-0.3, -0.25) is 14.4 Å². The summed E-state index contributed by atoms with van der Waals surface area (Å²) in [5.74, 6) is -0.873. The largest absolute Gasteiger partial charge is 0.462 e. The zero-order valence-corrected chi connectivity index (χ0v) is 40.7. The second-order valence-corrected chi connectivity index (χ2v) is 17.8. The van der Waals surface area contributed by atoms with Gasteiger partial charge in [-0.15, -0.1) is 0 Å². The van der Waals surface area contributed by atoms with E-state index in [0.717, 1.165) is 83.5 Å². The molecular weight excluding hydrogens is 757 g/mol. The molecule has 0 N–H and O–H groups in total. The summed E-state index contributed by atoms with van der Waals surface area (Å²) in [5, 5.41) is 0. The van der Waals surface area contributed by atoms with E-state index < -0.39 is 6.10 Å². The zero-order valence-electron chi connectivity index (χ0n) is 40.7. The van der Waals surface area contributed by atoms with E-state index in [2.05, 4.69) is 57.2 Å². The first-order valence-corrected chi connectivity index (χ1v) is 26.5. The summed E-state index contributed by atoms with van der Waals surface area (Å²) in [5.41, 5.74) is 0. The van der Waals surface area contributed by atoms with Crippen LogP contribution < -0.4 is 0 Å². The standard InChI is InChI=1S/C55H100O6/c1-4-7-10-13-16-19-22-24-26-28-30-33-36-39-42-45-48-54(57)60-51-52(50-59-53(56)47-44-41-38-35-32-21-18-15-12-9-6-3)61-55(58)49-46-43-40-37-34-31-29-27-25-23-20-17-14-11-8-5-2/h7,10,16,19,24,26,52H,4-6,8-9,11-15,17-18,20-23,25,27-51H2,1-3H3/b10-7-,19-16-,26-24-. The van der Waals surface area contributed by atoms with Gasteiger partial charge in [0.15, 0.2) is 6.10 Å². The zero-order chi connectivity index (χ0) is 44.4. The summed E-state index contributed by atoms with van der Waals surface area (Å²) in [6.07, 6.45) is 58.4. The highest BCUT2D eigenvalue weighted by atomic mass is 16.6. The normalized spacial score (nSPS) is 12.2. The number of hydrogen-bond donors (Lipinski definition) is 0. The van der Waals surface area contributed by atoms with Crippen LogP contribution in [0.2, 0.25) is 0 Å². The Morgan fingerprint density at radius 3 is 1.00 bits per heavy atom. The summed E-state index contributed by atoms with van der Waals surface area (Å²) in [7, 11) is 0. The minimum Gasteiger partial charge on any atom is -0.462 e. The monoisotopic (exact) mass is 857 g/mol. The average Bonchev–Trinajstić information content (AvgIpc) is 3.26. The van der Waals surface area contributed by atoms with Crippen LogP contribution in [0.4, 0.5) is 0 Å². The van der Waals surface area contributed by atoms with Crippen LogP contribution in [0.25, 0.3) is 0 Å². The molecule has 1 atom stereocenters. The van der Waals surface area contributed by atoms with Crippen molar-refractivity contribution < 1.29 is 28.6 Å². The number of carbonyl (C=O) groups excluding carboxylic acids is 3. The van der Waals surface area contributed by atoms with Gasteiger partial charge in [0, 0.05) is 19.3 Å². The lowest BCUT2D eigenvalue weighted by atomic mass is 10.0. The van der Waals surface area contributed by atoms with Gasteiger partial charge < -0.3 is 14.2 Å². The topological polar surface area (TPSA) is 78.9 Å². The van der Waals surface area contributed by atoms with E-state index >= 15 is 0 Å². The molecule has 0 bridgehead atoms. The van der Waals surface area contributed by atoms with Gasteiger partial charge in [-0.25, -0.2) is 0 Å². The van der Waals surface area contributed by atoms with E-state index in [4.69, 9.17) is 14.2 Å². The Hall–Kier alpha value is -2.37. The molecule has 0 fully saturated rings. The van der Waals surface area contributed by atoms with Crippen molar-refractivity contribution in [3.05, 3.63) is 36.5 Å². The number of rotatable bonds is 48. The lowest BCUT2D eigenvalue weighted by molar-refractivity contribution is -0.167. The Morgan fingerprint density at radius 1 is 0.344 bits per heavy atom. The summed E-state index contributed by atoms with van der Waals surface area (Å²) < 4.78 is 16.8. The lowest BCUT2D eigenvalue weighted by Crippen LogP contribution is -2.30. The van der Waals surface area contributed by atoms with Crippen molar-refractivity contribution in [1.82, 2.24) is 0 Å². The van der Waals surface area contributed by atoms with Crippen LogP contribution in [-0.2, 0) is 28.6 Å². The molecule has 61 heavy (non-hydrogen) atoms. The molecule has 0 aliphatic carbocycles. The van der Waals surface area contributed by atoms with Crippen LogP contribution in [0.1, 0.15) is 278 Å². The summed E-state index contributed by atoms with van der Waals surface area (Å²) >= 11 is 0.